The van der Waals surface area contributed by atoms with Crippen molar-refractivity contribution in [2.24, 2.45) is 55.3 Å². The van der Waals surface area contributed by atoms with Gasteiger partial charge in [-0.05, 0) is 110 Å². The summed E-state index contributed by atoms with van der Waals surface area (Å²) in [5.41, 5.74) is 3.46. The molecule has 2 aliphatic carbocycles. The average Bonchev–Trinajstić information content (AvgIpc) is 2.77. The van der Waals surface area contributed by atoms with Gasteiger partial charge >= 0.3 is 0 Å². The van der Waals surface area contributed by atoms with Gasteiger partial charge < -0.3 is 4.43 Å². The predicted octanol–water partition coefficient (Wildman–Crippen LogP) is 11.3. The smallest absolute Gasteiger partial charge is 0.183 e. The van der Waals surface area contributed by atoms with Crippen LogP contribution in [0.1, 0.15) is 141 Å². The number of aliphatic imine (C=N–C) groups is 2. The van der Waals surface area contributed by atoms with E-state index < -0.39 is 8.32 Å². The topological polar surface area (TPSA) is 34.0 Å². The maximum atomic E-state index is 6.32. The third kappa shape index (κ3) is 10.9. The largest absolute Gasteiger partial charge is 0.418 e. The Morgan fingerprint density at radius 3 is 1.27 bits per heavy atom. The van der Waals surface area contributed by atoms with E-state index in [4.69, 9.17) is 14.4 Å². The summed E-state index contributed by atoms with van der Waals surface area (Å²) < 4.78 is 6.32. The first-order chi connectivity index (χ1) is 18.4. The number of rotatable bonds is 8. The van der Waals surface area contributed by atoms with Crippen molar-refractivity contribution in [3.05, 3.63) is 0 Å². The van der Waals surface area contributed by atoms with Gasteiger partial charge in [0.05, 0.1) is 23.5 Å². The van der Waals surface area contributed by atoms with Crippen molar-refractivity contribution in [3.63, 3.8) is 0 Å². The minimum absolute atomic E-state index is 0.243. The van der Waals surface area contributed by atoms with Crippen LogP contribution in [0.15, 0.2) is 9.98 Å². The molecule has 2 saturated carbocycles. The van der Waals surface area contributed by atoms with E-state index in [9.17, 15) is 0 Å². The highest BCUT2D eigenvalue weighted by Crippen LogP contribution is 2.49. The lowest BCUT2D eigenvalue weighted by Crippen LogP contribution is -2.46. The first-order valence-corrected chi connectivity index (χ1v) is 20.6. The molecule has 2 fully saturated rings. The summed E-state index contributed by atoms with van der Waals surface area (Å²) in [6.07, 6.45) is 9.79. The molecule has 0 heterocycles. The molecule has 0 N–H and O–H groups in total. The average molecular weight is 589 g/mol. The summed E-state index contributed by atoms with van der Waals surface area (Å²) in [5, 5.41) is 0. The summed E-state index contributed by atoms with van der Waals surface area (Å²) in [6.45, 7) is 39.3. The predicted molar refractivity (Wildman–Crippen MR) is 186 cm³/mol. The molecule has 240 valence electrons. The molecule has 0 aliphatic heterocycles. The van der Waals surface area contributed by atoms with Gasteiger partial charge in [-0.3, -0.25) is 9.98 Å². The second-order valence-corrected chi connectivity index (χ2v) is 23.6. The molecule has 0 bridgehead atoms. The van der Waals surface area contributed by atoms with Crippen LogP contribution in [0.25, 0.3) is 0 Å². The molecular weight excluding hydrogens is 517 g/mol. The van der Waals surface area contributed by atoms with Crippen LogP contribution in [0, 0.1) is 45.3 Å². The van der Waals surface area contributed by atoms with Crippen LogP contribution in [0.5, 0.6) is 0 Å². The second-order valence-electron chi connectivity index (χ2n) is 19.1. The summed E-state index contributed by atoms with van der Waals surface area (Å²) in [6, 6.07) is 0.709. The van der Waals surface area contributed by atoms with Crippen molar-refractivity contribution in [1.82, 2.24) is 0 Å². The lowest BCUT2D eigenvalue weighted by Gasteiger charge is -2.48. The molecule has 4 heteroatoms. The van der Waals surface area contributed by atoms with Crippen molar-refractivity contribution in [1.29, 1.82) is 0 Å². The Morgan fingerprint density at radius 2 is 0.951 bits per heavy atom. The third-order valence-electron chi connectivity index (χ3n) is 10.3. The maximum Gasteiger partial charge on any atom is 0.183 e. The zero-order valence-corrected chi connectivity index (χ0v) is 31.6. The maximum absolute atomic E-state index is 6.32. The van der Waals surface area contributed by atoms with Gasteiger partial charge in [0.2, 0.25) is 0 Å². The fourth-order valence-corrected chi connectivity index (χ4v) is 8.69. The summed E-state index contributed by atoms with van der Waals surface area (Å²) in [5.74, 6) is 2.40. The summed E-state index contributed by atoms with van der Waals surface area (Å²) in [4.78, 5) is 11.6. The molecule has 0 saturated heterocycles. The molecule has 2 rings (SSSR count). The number of hydrogen-bond acceptors (Lipinski definition) is 3. The quantitative estimate of drug-likeness (QED) is 0.158. The van der Waals surface area contributed by atoms with E-state index in [-0.39, 0.29) is 21.7 Å². The first kappa shape index (κ1) is 36.7. The zero-order valence-electron chi connectivity index (χ0n) is 30.6. The van der Waals surface area contributed by atoms with Gasteiger partial charge in [0, 0.05) is 6.61 Å². The Bertz CT molecular complexity index is 840. The van der Waals surface area contributed by atoms with Crippen LogP contribution in [0.3, 0.4) is 0 Å². The lowest BCUT2D eigenvalue weighted by atomic mass is 9.60. The highest BCUT2D eigenvalue weighted by Gasteiger charge is 2.45. The van der Waals surface area contributed by atoms with E-state index >= 15 is 0 Å². The van der Waals surface area contributed by atoms with Crippen LogP contribution >= 0.6 is 0 Å². The van der Waals surface area contributed by atoms with Crippen LogP contribution < -0.4 is 0 Å². The highest BCUT2D eigenvalue weighted by atomic mass is 28.4. The Labute approximate surface area is 258 Å². The third-order valence-corrected chi connectivity index (χ3v) is 11.4. The molecular formula is C37H72N2OSi. The molecule has 0 spiro atoms. The van der Waals surface area contributed by atoms with Gasteiger partial charge in [0.15, 0.2) is 8.32 Å². The van der Waals surface area contributed by atoms with E-state index in [1.807, 2.05) is 0 Å². The van der Waals surface area contributed by atoms with Crippen LogP contribution in [0.4, 0.5) is 0 Å². The molecule has 0 aromatic carbocycles. The van der Waals surface area contributed by atoms with Crippen molar-refractivity contribution in [2.75, 3.05) is 6.61 Å². The molecule has 41 heavy (non-hydrogen) atoms. The fourth-order valence-electron chi connectivity index (χ4n) is 7.94. The van der Waals surface area contributed by atoms with Gasteiger partial charge in [-0.25, -0.2) is 0 Å². The first-order valence-electron chi connectivity index (χ1n) is 17.2. The lowest BCUT2D eigenvalue weighted by molar-refractivity contribution is 0.0562. The van der Waals surface area contributed by atoms with Gasteiger partial charge in [-0.2, -0.15) is 0 Å². The van der Waals surface area contributed by atoms with E-state index in [0.29, 0.717) is 35.8 Å². The van der Waals surface area contributed by atoms with Crippen molar-refractivity contribution in [2.45, 2.75) is 173 Å². The van der Waals surface area contributed by atoms with E-state index in [2.05, 4.69) is 110 Å². The minimum atomic E-state index is -1.54. The normalized spacial score (nSPS) is 30.0. The molecule has 0 amide bonds. The Kier molecular flexibility index (Phi) is 12.2. The van der Waals surface area contributed by atoms with Gasteiger partial charge in [-0.15, -0.1) is 0 Å². The monoisotopic (exact) mass is 589 g/mol. The Balaban J connectivity index is 2.63. The SMILES string of the molecule is CC(=NC1C(C(C)(C)C)CCCC1C(C)(C)C)C(CCCO[Si](C)(C)C)=NC1C(C(C)(C)C)CCCC1C(C)(C)C. The van der Waals surface area contributed by atoms with Crippen molar-refractivity contribution >= 4 is 19.7 Å². The second kappa shape index (κ2) is 13.7. The van der Waals surface area contributed by atoms with Gasteiger partial charge in [0.1, 0.15) is 0 Å². The highest BCUT2D eigenvalue weighted by molar-refractivity contribution is 6.69. The molecule has 4 atom stereocenters. The number of nitrogens with zero attached hydrogens (tertiary/aromatic N) is 2. The Morgan fingerprint density at radius 1 is 0.610 bits per heavy atom. The van der Waals surface area contributed by atoms with Crippen LogP contribution in [-0.4, -0.2) is 38.4 Å². The molecule has 0 aromatic rings. The van der Waals surface area contributed by atoms with Gasteiger partial charge in [0.25, 0.3) is 0 Å². The van der Waals surface area contributed by atoms with E-state index in [1.165, 1.54) is 49.9 Å². The number of hydrogen-bond donors (Lipinski definition) is 0. The summed E-state index contributed by atoms with van der Waals surface area (Å²) in [7, 11) is -1.54. The van der Waals surface area contributed by atoms with Crippen molar-refractivity contribution in [3.8, 4) is 0 Å². The molecule has 3 nitrogen and oxygen atoms in total. The van der Waals surface area contributed by atoms with Crippen LogP contribution in [0.2, 0.25) is 19.6 Å². The fraction of sp³-hybridized carbons (Fsp3) is 0.946. The standard InChI is InChI=1S/C37H72N2OSi/c1-26(38-32-27(34(2,3)4)20-17-21-28(32)35(5,6)7)31(24-19-25-40-41(14,15)16)39-33-29(36(8,9)10)22-18-23-30(33)37(11,12)13/h27-30,32-33H,17-25H2,1-16H3. The van der Waals surface area contributed by atoms with Gasteiger partial charge in [-0.1, -0.05) is 95.9 Å². The molecule has 0 aromatic heterocycles. The molecule has 4 unspecified atom stereocenters. The minimum Gasteiger partial charge on any atom is -0.418 e. The van der Waals surface area contributed by atoms with Crippen molar-refractivity contribution < 1.29 is 4.43 Å². The van der Waals surface area contributed by atoms with E-state index in [0.717, 1.165) is 19.4 Å². The van der Waals surface area contributed by atoms with Crippen LogP contribution in [-0.2, 0) is 4.43 Å². The Hall–Kier alpha value is -0.483. The van der Waals surface area contributed by atoms with E-state index in [1.54, 1.807) is 0 Å². The zero-order chi connectivity index (χ0) is 31.6. The molecule has 2 aliphatic rings. The summed E-state index contributed by atoms with van der Waals surface area (Å²) >= 11 is 0. The molecule has 0 radical (unpaired) electrons.